The van der Waals surface area contributed by atoms with Gasteiger partial charge in [0, 0.05) is 24.8 Å². The minimum absolute atomic E-state index is 0.699. The molecular weight excluding hydrogens is 150 g/mol. The van der Waals surface area contributed by atoms with E-state index < -0.39 is 0 Å². The van der Waals surface area contributed by atoms with E-state index in [1.54, 1.807) is 0 Å². The summed E-state index contributed by atoms with van der Waals surface area (Å²) in [5, 5.41) is 7.75. The molecule has 1 heterocycles. The lowest BCUT2D eigenvalue weighted by Crippen LogP contribution is -2.02. The summed E-state index contributed by atoms with van der Waals surface area (Å²) in [4.78, 5) is 0. The molecule has 1 N–H and O–H groups in total. The van der Waals surface area contributed by atoms with E-state index in [9.17, 15) is 0 Å². The van der Waals surface area contributed by atoms with E-state index in [2.05, 4.69) is 23.4 Å². The van der Waals surface area contributed by atoms with Crippen molar-refractivity contribution in [3.05, 3.63) is 11.8 Å². The van der Waals surface area contributed by atoms with Crippen LogP contribution in [0.5, 0.6) is 0 Å². The molecule has 12 heavy (non-hydrogen) atoms. The summed E-state index contributed by atoms with van der Waals surface area (Å²) in [6.07, 6.45) is 3.66. The number of anilines is 1. The molecule has 0 atom stereocenters. The molecule has 0 unspecified atom stereocenters. The molecule has 3 nitrogen and oxygen atoms in total. The van der Waals surface area contributed by atoms with Crippen LogP contribution in [-0.2, 0) is 13.5 Å². The van der Waals surface area contributed by atoms with Gasteiger partial charge >= 0.3 is 0 Å². The summed E-state index contributed by atoms with van der Waals surface area (Å²) in [7, 11) is 2.00. The molecular formula is C9H15N3. The lowest BCUT2D eigenvalue weighted by atomic mass is 10.3. The number of aromatic nitrogens is 2. The molecule has 0 radical (unpaired) electrons. The van der Waals surface area contributed by atoms with Crippen molar-refractivity contribution in [2.75, 3.05) is 5.32 Å². The van der Waals surface area contributed by atoms with Crippen LogP contribution in [0.1, 0.15) is 25.5 Å². The Morgan fingerprint density at radius 3 is 2.92 bits per heavy atom. The molecule has 0 aliphatic heterocycles. The highest BCUT2D eigenvalue weighted by molar-refractivity contribution is 5.38. The molecule has 0 spiro atoms. The Bertz CT molecular complexity index is 273. The molecule has 1 aromatic heterocycles. The minimum atomic E-state index is 0.699. The molecule has 1 aliphatic carbocycles. The summed E-state index contributed by atoms with van der Waals surface area (Å²) in [5.74, 6) is 1.04. The summed E-state index contributed by atoms with van der Waals surface area (Å²) < 4.78 is 1.95. The third-order valence-corrected chi connectivity index (χ3v) is 2.27. The smallest absolute Gasteiger partial charge is 0.148 e. The van der Waals surface area contributed by atoms with Crippen LogP contribution in [0.3, 0.4) is 0 Å². The van der Waals surface area contributed by atoms with Crippen molar-refractivity contribution in [1.82, 2.24) is 9.78 Å². The average Bonchev–Trinajstić information content (AvgIpc) is 2.76. The van der Waals surface area contributed by atoms with Crippen LogP contribution in [0.2, 0.25) is 0 Å². The van der Waals surface area contributed by atoms with Crippen molar-refractivity contribution in [2.45, 2.75) is 32.2 Å². The maximum atomic E-state index is 4.37. The SMILES string of the molecule is CCc1cc(NC2CC2)nn1C. The van der Waals surface area contributed by atoms with Gasteiger partial charge in [0.25, 0.3) is 0 Å². The average molecular weight is 165 g/mol. The largest absolute Gasteiger partial charge is 0.366 e. The van der Waals surface area contributed by atoms with Gasteiger partial charge in [0.05, 0.1) is 0 Å². The van der Waals surface area contributed by atoms with Crippen LogP contribution >= 0.6 is 0 Å². The van der Waals surface area contributed by atoms with Crippen molar-refractivity contribution >= 4 is 5.82 Å². The van der Waals surface area contributed by atoms with Crippen LogP contribution in [0.25, 0.3) is 0 Å². The zero-order valence-corrected chi connectivity index (χ0v) is 7.67. The molecule has 66 valence electrons. The van der Waals surface area contributed by atoms with E-state index in [0.717, 1.165) is 12.2 Å². The van der Waals surface area contributed by atoms with Gasteiger partial charge in [-0.15, -0.1) is 0 Å². The van der Waals surface area contributed by atoms with E-state index in [4.69, 9.17) is 0 Å². The standard InChI is InChI=1S/C9H15N3/c1-3-8-6-9(11-12(8)2)10-7-4-5-7/h6-7H,3-5H2,1-2H3,(H,10,11). The normalized spacial score (nSPS) is 16.5. The molecule has 0 saturated heterocycles. The Labute approximate surface area is 72.8 Å². The summed E-state index contributed by atoms with van der Waals surface area (Å²) in [6, 6.07) is 2.84. The lowest BCUT2D eigenvalue weighted by molar-refractivity contribution is 0.719. The molecule has 1 aliphatic rings. The highest BCUT2D eigenvalue weighted by Crippen LogP contribution is 2.24. The van der Waals surface area contributed by atoms with Gasteiger partial charge in [-0.1, -0.05) is 6.92 Å². The van der Waals surface area contributed by atoms with Gasteiger partial charge in [-0.25, -0.2) is 0 Å². The number of hydrogen-bond donors (Lipinski definition) is 1. The van der Waals surface area contributed by atoms with E-state index in [-0.39, 0.29) is 0 Å². The van der Waals surface area contributed by atoms with Crippen LogP contribution in [-0.4, -0.2) is 15.8 Å². The second-order valence-electron chi connectivity index (χ2n) is 3.42. The molecule has 1 saturated carbocycles. The number of hydrogen-bond acceptors (Lipinski definition) is 2. The maximum absolute atomic E-state index is 4.37. The van der Waals surface area contributed by atoms with Gasteiger partial charge in [0.15, 0.2) is 0 Å². The Morgan fingerprint density at radius 1 is 1.67 bits per heavy atom. The Hall–Kier alpha value is -0.990. The molecule has 3 heteroatoms. The van der Waals surface area contributed by atoms with Gasteiger partial charge in [0.1, 0.15) is 5.82 Å². The highest BCUT2D eigenvalue weighted by atomic mass is 15.3. The maximum Gasteiger partial charge on any atom is 0.148 e. The summed E-state index contributed by atoms with van der Waals surface area (Å²) in [6.45, 7) is 2.15. The van der Waals surface area contributed by atoms with Crippen LogP contribution in [0.15, 0.2) is 6.07 Å². The first kappa shape index (κ1) is 7.65. The van der Waals surface area contributed by atoms with Crippen molar-refractivity contribution in [3.8, 4) is 0 Å². The fourth-order valence-electron chi connectivity index (χ4n) is 1.34. The van der Waals surface area contributed by atoms with Crippen LogP contribution in [0, 0.1) is 0 Å². The third kappa shape index (κ3) is 1.44. The molecule has 1 fully saturated rings. The molecule has 0 amide bonds. The first-order valence-electron chi connectivity index (χ1n) is 4.59. The monoisotopic (exact) mass is 165 g/mol. The molecule has 2 rings (SSSR count). The second-order valence-corrected chi connectivity index (χ2v) is 3.42. The number of nitrogens with one attached hydrogen (secondary N) is 1. The highest BCUT2D eigenvalue weighted by Gasteiger charge is 2.21. The Morgan fingerprint density at radius 2 is 2.42 bits per heavy atom. The zero-order chi connectivity index (χ0) is 8.55. The first-order chi connectivity index (χ1) is 5.79. The van der Waals surface area contributed by atoms with Gasteiger partial charge in [-0.2, -0.15) is 5.10 Å². The Balaban J connectivity index is 2.10. The molecule has 0 bridgehead atoms. The quantitative estimate of drug-likeness (QED) is 0.736. The summed E-state index contributed by atoms with van der Waals surface area (Å²) >= 11 is 0. The second kappa shape index (κ2) is 2.81. The van der Waals surface area contributed by atoms with Crippen molar-refractivity contribution in [3.63, 3.8) is 0 Å². The first-order valence-corrected chi connectivity index (χ1v) is 4.59. The van der Waals surface area contributed by atoms with E-state index in [1.165, 1.54) is 18.5 Å². The van der Waals surface area contributed by atoms with Crippen LogP contribution < -0.4 is 5.32 Å². The van der Waals surface area contributed by atoms with Gasteiger partial charge in [0.2, 0.25) is 0 Å². The van der Waals surface area contributed by atoms with Crippen molar-refractivity contribution in [2.24, 2.45) is 7.05 Å². The number of rotatable bonds is 3. The van der Waals surface area contributed by atoms with Crippen molar-refractivity contribution in [1.29, 1.82) is 0 Å². The topological polar surface area (TPSA) is 29.9 Å². The number of aryl methyl sites for hydroxylation is 2. The van der Waals surface area contributed by atoms with E-state index in [0.29, 0.717) is 6.04 Å². The Kier molecular flexibility index (Phi) is 1.79. The van der Waals surface area contributed by atoms with E-state index >= 15 is 0 Å². The predicted molar refractivity (Wildman–Crippen MR) is 49.2 cm³/mol. The molecule has 0 aromatic carbocycles. The number of nitrogens with zero attached hydrogens (tertiary/aromatic N) is 2. The lowest BCUT2D eigenvalue weighted by Gasteiger charge is -1.96. The van der Waals surface area contributed by atoms with E-state index in [1.807, 2.05) is 11.7 Å². The van der Waals surface area contributed by atoms with Gasteiger partial charge < -0.3 is 5.32 Å². The molecule has 1 aromatic rings. The third-order valence-electron chi connectivity index (χ3n) is 2.27. The zero-order valence-electron chi connectivity index (χ0n) is 7.67. The fraction of sp³-hybridized carbons (Fsp3) is 0.667. The van der Waals surface area contributed by atoms with Gasteiger partial charge in [-0.3, -0.25) is 4.68 Å². The fourth-order valence-corrected chi connectivity index (χ4v) is 1.34. The van der Waals surface area contributed by atoms with Crippen LogP contribution in [0.4, 0.5) is 5.82 Å². The minimum Gasteiger partial charge on any atom is -0.366 e. The predicted octanol–water partition coefficient (Wildman–Crippen LogP) is 1.56. The summed E-state index contributed by atoms with van der Waals surface area (Å²) in [5.41, 5.74) is 1.29. The van der Waals surface area contributed by atoms with Crippen molar-refractivity contribution < 1.29 is 0 Å². The van der Waals surface area contributed by atoms with Gasteiger partial charge in [-0.05, 0) is 19.3 Å².